The summed E-state index contributed by atoms with van der Waals surface area (Å²) < 4.78 is 0. The van der Waals surface area contributed by atoms with Crippen molar-refractivity contribution in [1.29, 1.82) is 0 Å². The third-order valence-electron chi connectivity index (χ3n) is 16.3. The van der Waals surface area contributed by atoms with Crippen molar-refractivity contribution in [2.45, 2.75) is 217 Å². The van der Waals surface area contributed by atoms with Gasteiger partial charge < -0.3 is 25.3 Å². The van der Waals surface area contributed by atoms with E-state index in [0.29, 0.717) is 40.8 Å². The smallest absolute Gasteiger partial charge is 0.227 e. The summed E-state index contributed by atoms with van der Waals surface area (Å²) in [6.45, 7) is 23.6. The minimum Gasteiger partial charge on any atom is -0.506 e. The van der Waals surface area contributed by atoms with Crippen LogP contribution in [0.1, 0.15) is 214 Å². The van der Waals surface area contributed by atoms with Gasteiger partial charge in [-0.2, -0.15) is 0 Å². The molecule has 0 bridgehead atoms. The molecule has 1 amide bonds. The second-order valence-electron chi connectivity index (χ2n) is 22.0. The Morgan fingerprint density at radius 1 is 0.579 bits per heavy atom. The predicted molar refractivity (Wildman–Crippen MR) is 325 cm³/mol. The SMILES string of the molecule is CCCCc1ccc(N(CC(CC)CCCC)C2=CC(=N\C(O)C(CC)CCCC)/C(=C3\C(=O)C(c4ccc(N(CC(CC)CCCC)c5ccc(CCCC)cc5)cc4NC(=O)C(CC)CCCC)=C3O)C=C2)cc1. The molecule has 0 aliphatic heterocycles. The fourth-order valence-electron chi connectivity index (χ4n) is 10.9. The van der Waals surface area contributed by atoms with E-state index >= 15 is 4.79 Å². The van der Waals surface area contributed by atoms with E-state index < -0.39 is 6.23 Å². The van der Waals surface area contributed by atoms with Crippen LogP contribution in [0.15, 0.2) is 113 Å². The van der Waals surface area contributed by atoms with Crippen LogP contribution in [0.5, 0.6) is 0 Å². The first-order valence-corrected chi connectivity index (χ1v) is 30.5. The van der Waals surface area contributed by atoms with E-state index in [2.05, 4.69) is 139 Å². The van der Waals surface area contributed by atoms with Gasteiger partial charge in [-0.3, -0.25) is 14.6 Å². The molecule has 0 aromatic heterocycles. The second-order valence-corrected chi connectivity index (χ2v) is 22.0. The van der Waals surface area contributed by atoms with E-state index in [0.717, 1.165) is 171 Å². The Bertz CT molecular complexity index is 2430. The number of unbranched alkanes of at least 4 members (excludes halogenated alkanes) is 6. The molecule has 3 aromatic rings. The first-order valence-electron chi connectivity index (χ1n) is 30.5. The molecule has 3 N–H and O–H groups in total. The van der Waals surface area contributed by atoms with Crippen LogP contribution >= 0.6 is 0 Å². The second kappa shape index (κ2) is 32.5. The topological polar surface area (TPSA) is 105 Å². The Morgan fingerprint density at radius 3 is 1.61 bits per heavy atom. The lowest BCUT2D eigenvalue weighted by atomic mass is 9.78. The monoisotopic (exact) mass is 1040 g/mol. The highest BCUT2D eigenvalue weighted by Gasteiger charge is 2.40. The summed E-state index contributed by atoms with van der Waals surface area (Å²) in [6.07, 6.45) is 27.6. The Kier molecular flexibility index (Phi) is 26.4. The largest absolute Gasteiger partial charge is 0.506 e. The number of hydrogen-bond donors (Lipinski definition) is 3. The first kappa shape index (κ1) is 61.6. The maximum atomic E-state index is 15.1. The van der Waals surface area contributed by atoms with Crippen molar-refractivity contribution in [2.24, 2.45) is 28.7 Å². The zero-order valence-electron chi connectivity index (χ0n) is 49.0. The summed E-state index contributed by atoms with van der Waals surface area (Å²) in [6, 6.07) is 23.9. The summed E-state index contributed by atoms with van der Waals surface area (Å²) in [5, 5.41) is 27.7. The summed E-state index contributed by atoms with van der Waals surface area (Å²) in [5.74, 6) is 0.137. The van der Waals surface area contributed by atoms with Crippen LogP contribution < -0.4 is 15.1 Å². The number of amides is 1. The van der Waals surface area contributed by atoms with Gasteiger partial charge in [0.25, 0.3) is 0 Å². The summed E-state index contributed by atoms with van der Waals surface area (Å²) in [5.41, 5.74) is 9.01. The number of rotatable bonds is 35. The number of aliphatic imine (C=N–C) groups is 1. The number of allylic oxidation sites excluding steroid dienone is 6. The van der Waals surface area contributed by atoms with Crippen LogP contribution in [0.4, 0.5) is 22.7 Å². The van der Waals surface area contributed by atoms with Crippen LogP contribution in [-0.4, -0.2) is 46.9 Å². The maximum absolute atomic E-state index is 15.1. The van der Waals surface area contributed by atoms with Crippen molar-refractivity contribution in [3.8, 4) is 0 Å². The summed E-state index contributed by atoms with van der Waals surface area (Å²) >= 11 is 0. The minimum absolute atomic E-state index is 0.0599. The molecular weight excluding hydrogens is 937 g/mol. The first-order chi connectivity index (χ1) is 36.9. The van der Waals surface area contributed by atoms with Crippen molar-refractivity contribution in [2.75, 3.05) is 28.2 Å². The molecule has 0 saturated carbocycles. The Balaban J connectivity index is 1.69. The van der Waals surface area contributed by atoms with Gasteiger partial charge in [0, 0.05) is 58.8 Å². The number of aliphatic hydroxyl groups is 2. The van der Waals surface area contributed by atoms with Crippen molar-refractivity contribution in [1.82, 2.24) is 0 Å². The number of nitrogens with one attached hydrogen (secondary N) is 1. The molecule has 0 spiro atoms. The van der Waals surface area contributed by atoms with Crippen LogP contribution in [0.2, 0.25) is 0 Å². The van der Waals surface area contributed by atoms with Gasteiger partial charge in [-0.05, 0) is 148 Å². The Hall–Kier alpha value is -5.21. The number of anilines is 4. The zero-order valence-corrected chi connectivity index (χ0v) is 49.0. The van der Waals surface area contributed by atoms with E-state index in [1.807, 2.05) is 30.4 Å². The standard InChI is InChI=1S/C68H100N4O4/c1-11-21-27-49(17-7)47-71(55-37-33-51(34-38-55)29-23-13-3)57-41-43-59(61(45-57)69-67(75)53(19-9)31-25-15-5)63-65(73)64(66(63)74)60-44-42-58(46-62(60)70-68(76)54(20-10)32-26-16-6)72(48-50(18-8)28-22-12-2)56-39-35-52(36-40-56)30-24-14-4/h33-46,49-50,53-54,67,73,75H,11-32,47-48H2,1-10H3,(H,70,76)/b63-59-,69-61+. The summed E-state index contributed by atoms with van der Waals surface area (Å²) in [7, 11) is 0. The van der Waals surface area contributed by atoms with Crippen molar-refractivity contribution in [3.63, 3.8) is 0 Å². The van der Waals surface area contributed by atoms with E-state index in [1.165, 1.54) is 11.1 Å². The number of carbonyl (C=O) groups is 2. The van der Waals surface area contributed by atoms with Crippen molar-refractivity contribution in [3.05, 3.63) is 124 Å². The van der Waals surface area contributed by atoms with Crippen molar-refractivity contribution >= 4 is 45.7 Å². The van der Waals surface area contributed by atoms with Gasteiger partial charge in [-0.25, -0.2) is 0 Å². The molecule has 5 atom stereocenters. The zero-order chi connectivity index (χ0) is 55.0. The predicted octanol–water partition coefficient (Wildman–Crippen LogP) is 18.2. The van der Waals surface area contributed by atoms with E-state index in [9.17, 15) is 15.0 Å². The molecule has 76 heavy (non-hydrogen) atoms. The summed E-state index contributed by atoms with van der Waals surface area (Å²) in [4.78, 5) is 39.3. The van der Waals surface area contributed by atoms with Gasteiger partial charge in [0.05, 0.1) is 22.5 Å². The molecule has 8 nitrogen and oxygen atoms in total. The molecule has 2 aliphatic rings. The highest BCUT2D eigenvalue weighted by molar-refractivity contribution is 6.42. The third kappa shape index (κ3) is 16.9. The van der Waals surface area contributed by atoms with Crippen LogP contribution in [0.25, 0.3) is 5.57 Å². The van der Waals surface area contributed by atoms with Gasteiger partial charge in [-0.15, -0.1) is 0 Å². The quantitative estimate of drug-likeness (QED) is 0.0507. The van der Waals surface area contributed by atoms with E-state index in [-0.39, 0.29) is 40.4 Å². The number of hydrogen-bond acceptors (Lipinski definition) is 7. The molecule has 2 aliphatic carbocycles. The van der Waals surface area contributed by atoms with Gasteiger partial charge in [-0.1, -0.05) is 171 Å². The van der Waals surface area contributed by atoms with Crippen LogP contribution in [0, 0.1) is 23.7 Å². The fourth-order valence-corrected chi connectivity index (χ4v) is 10.9. The number of aliphatic hydroxyl groups excluding tert-OH is 2. The number of nitrogens with zero attached hydrogens (tertiary/aromatic N) is 3. The third-order valence-corrected chi connectivity index (χ3v) is 16.3. The molecule has 8 heteroatoms. The molecule has 3 aromatic carbocycles. The molecule has 416 valence electrons. The number of ketones is 1. The van der Waals surface area contributed by atoms with Crippen molar-refractivity contribution < 1.29 is 19.8 Å². The maximum Gasteiger partial charge on any atom is 0.227 e. The molecule has 0 saturated heterocycles. The molecule has 5 unspecified atom stereocenters. The molecule has 0 fully saturated rings. The fraction of sp³-hybridized carbons (Fsp3) is 0.574. The van der Waals surface area contributed by atoms with Crippen LogP contribution in [-0.2, 0) is 22.4 Å². The van der Waals surface area contributed by atoms with Gasteiger partial charge in [0.15, 0.2) is 0 Å². The van der Waals surface area contributed by atoms with E-state index in [1.54, 1.807) is 0 Å². The minimum atomic E-state index is -0.996. The highest BCUT2D eigenvalue weighted by atomic mass is 16.3. The van der Waals surface area contributed by atoms with Crippen LogP contribution in [0.3, 0.4) is 0 Å². The Labute approximate surface area is 461 Å². The molecule has 0 radical (unpaired) electrons. The number of benzene rings is 3. The number of carbonyl (C=O) groups excluding carboxylic acids is 2. The number of Topliss-reactive ketones (excluding diaryl/α,β-unsaturated/α-hetero) is 1. The molecular formula is C68H100N4O4. The van der Waals surface area contributed by atoms with E-state index in [4.69, 9.17) is 4.99 Å². The lowest BCUT2D eigenvalue weighted by Crippen LogP contribution is -2.31. The van der Waals surface area contributed by atoms with Gasteiger partial charge in [0.1, 0.15) is 12.0 Å². The lowest BCUT2D eigenvalue weighted by Gasteiger charge is -2.33. The van der Waals surface area contributed by atoms with Gasteiger partial charge >= 0.3 is 0 Å². The average molecular weight is 1040 g/mol. The molecule has 5 rings (SSSR count). The lowest BCUT2D eigenvalue weighted by molar-refractivity contribution is -0.120. The number of aryl methyl sites for hydroxylation is 2. The highest BCUT2D eigenvalue weighted by Crippen LogP contribution is 2.44. The average Bonchev–Trinajstić information content (AvgIpc) is 3.50. The molecule has 0 heterocycles. The van der Waals surface area contributed by atoms with Gasteiger partial charge in [0.2, 0.25) is 11.7 Å². The normalized spacial score (nSPS) is 17.1. The Morgan fingerprint density at radius 2 is 1.09 bits per heavy atom.